The van der Waals surface area contributed by atoms with E-state index in [4.69, 9.17) is 18.9 Å². The van der Waals surface area contributed by atoms with Crippen LogP contribution in [0.25, 0.3) is 0 Å². The van der Waals surface area contributed by atoms with Crippen LogP contribution in [0.3, 0.4) is 0 Å². The molecule has 2 atom stereocenters. The SMILES string of the molecule is CC/C=C\C/C=C\C/C=C\C/C=C\C/C=C\C/C=C\C/C=C\C/C=C\C/C=C\C/C=C\CCCCCCC(=O)OC(COC(=O)CCCCCCCCCCCCCC/C=C\C/C=C\C/C=C\CCCCCCC)COC(OCC[N+](C)(C)C)C(=O)O. The molecular weight excluding hydrogens is 1080 g/mol. The van der Waals surface area contributed by atoms with Gasteiger partial charge in [0.1, 0.15) is 13.2 Å². The number of unbranched alkanes of at least 4 members (excludes halogenated alkanes) is 21. The molecule has 0 aliphatic heterocycles. The fourth-order valence-electron chi connectivity index (χ4n) is 8.99. The van der Waals surface area contributed by atoms with Crippen molar-refractivity contribution in [2.24, 2.45) is 0 Å². The van der Waals surface area contributed by atoms with Crippen molar-refractivity contribution >= 4 is 17.9 Å². The first-order chi connectivity index (χ1) is 42.6. The van der Waals surface area contributed by atoms with Gasteiger partial charge < -0.3 is 28.5 Å². The fourth-order valence-corrected chi connectivity index (χ4v) is 8.99. The predicted molar refractivity (Wildman–Crippen MR) is 373 cm³/mol. The van der Waals surface area contributed by atoms with E-state index in [1.165, 1.54) is 103 Å². The smallest absolute Gasteiger partial charge is 0.361 e. The zero-order chi connectivity index (χ0) is 63.3. The lowest BCUT2D eigenvalue weighted by atomic mass is 10.0. The van der Waals surface area contributed by atoms with Gasteiger partial charge in [0.2, 0.25) is 0 Å². The Morgan fingerprint density at radius 3 is 0.977 bits per heavy atom. The van der Waals surface area contributed by atoms with Crippen LogP contribution in [-0.2, 0) is 33.3 Å². The van der Waals surface area contributed by atoms with Gasteiger partial charge in [-0.15, -0.1) is 0 Å². The molecule has 0 aromatic carbocycles. The van der Waals surface area contributed by atoms with Crippen molar-refractivity contribution in [1.82, 2.24) is 0 Å². The number of carboxylic acid groups (broad SMARTS) is 1. The van der Waals surface area contributed by atoms with Gasteiger partial charge in [-0.05, 0) is 128 Å². The molecule has 0 aliphatic carbocycles. The summed E-state index contributed by atoms with van der Waals surface area (Å²) in [6, 6.07) is 0. The summed E-state index contributed by atoms with van der Waals surface area (Å²) in [6.07, 6.45) is 96.3. The molecule has 0 aliphatic rings. The molecule has 0 saturated carbocycles. The van der Waals surface area contributed by atoms with E-state index in [1.54, 1.807) is 0 Å². The molecule has 9 nitrogen and oxygen atoms in total. The molecule has 0 spiro atoms. The standard InChI is InChI=1S/C78H127NO8/c1-6-8-10-12-14-16-18-20-22-24-26-28-30-32-34-35-36-37-38-39-40-41-43-45-47-49-51-53-55-57-59-61-63-65-67-69-76(81)87-74(73-86-78(77(82)83)84-71-70-79(3,4)5)72-85-75(80)68-66-64-62-60-58-56-54-52-50-48-46-44-42-33-31-29-27-25-23-21-19-17-15-13-11-9-7-2/h8,10,14,16,19-22,25-28,31-34,36-37,39-40,43,45,49,51,55,57,74,78H,6-7,9,11-13,15,17-18,23-24,29-30,35,38,41-42,44,46-48,50,52-54,56,58-73H2,1-5H3/p+1/b10-8-,16-14-,21-19-,22-20-,27-25-,28-26-,33-31-,34-32-,37-36-,40-39-,45-43-,51-49-,57-55-. The van der Waals surface area contributed by atoms with Gasteiger partial charge in [0.15, 0.2) is 6.10 Å². The minimum Gasteiger partial charge on any atom is -0.477 e. The van der Waals surface area contributed by atoms with Crippen LogP contribution in [0.15, 0.2) is 158 Å². The lowest BCUT2D eigenvalue weighted by Gasteiger charge is -2.25. The molecule has 0 bridgehead atoms. The van der Waals surface area contributed by atoms with E-state index >= 15 is 0 Å². The summed E-state index contributed by atoms with van der Waals surface area (Å²) in [7, 11) is 5.96. The molecule has 0 heterocycles. The molecule has 492 valence electrons. The van der Waals surface area contributed by atoms with Crippen molar-refractivity contribution in [2.75, 3.05) is 47.5 Å². The number of quaternary nitrogens is 1. The normalized spacial score (nSPS) is 13.7. The fraction of sp³-hybridized carbons (Fsp3) is 0.628. The van der Waals surface area contributed by atoms with Crippen LogP contribution < -0.4 is 0 Å². The first kappa shape index (κ1) is 81.9. The summed E-state index contributed by atoms with van der Waals surface area (Å²) < 4.78 is 22.9. The number of carboxylic acids is 1. The highest BCUT2D eigenvalue weighted by atomic mass is 16.7. The van der Waals surface area contributed by atoms with Crippen molar-refractivity contribution in [2.45, 2.75) is 270 Å². The van der Waals surface area contributed by atoms with Crippen LogP contribution in [0.4, 0.5) is 0 Å². The number of allylic oxidation sites excluding steroid dienone is 26. The van der Waals surface area contributed by atoms with Crippen LogP contribution >= 0.6 is 0 Å². The Morgan fingerprint density at radius 2 is 0.655 bits per heavy atom. The Balaban J connectivity index is 4.26. The number of ether oxygens (including phenoxy) is 4. The van der Waals surface area contributed by atoms with Crippen molar-refractivity contribution in [3.63, 3.8) is 0 Å². The molecule has 0 aromatic heterocycles. The van der Waals surface area contributed by atoms with Crippen LogP contribution in [-0.4, -0.2) is 87.4 Å². The van der Waals surface area contributed by atoms with E-state index in [9.17, 15) is 19.5 Å². The molecule has 1 N–H and O–H groups in total. The maximum atomic E-state index is 12.9. The number of hydrogen-bond donors (Lipinski definition) is 1. The van der Waals surface area contributed by atoms with Gasteiger partial charge >= 0.3 is 17.9 Å². The molecule has 0 saturated heterocycles. The van der Waals surface area contributed by atoms with Gasteiger partial charge in [-0.2, -0.15) is 0 Å². The highest BCUT2D eigenvalue weighted by Gasteiger charge is 2.25. The molecule has 87 heavy (non-hydrogen) atoms. The Labute approximate surface area is 534 Å². The number of aliphatic carboxylic acids is 1. The molecule has 2 unspecified atom stereocenters. The third kappa shape index (κ3) is 68.3. The Hall–Kier alpha value is -5.09. The third-order valence-electron chi connectivity index (χ3n) is 14.3. The summed E-state index contributed by atoms with van der Waals surface area (Å²) in [5, 5.41) is 9.74. The zero-order valence-corrected chi connectivity index (χ0v) is 56.1. The average molecular weight is 1210 g/mol. The summed E-state index contributed by atoms with van der Waals surface area (Å²) in [5.74, 6) is -2.06. The van der Waals surface area contributed by atoms with Crippen LogP contribution in [0, 0.1) is 0 Å². The van der Waals surface area contributed by atoms with E-state index in [0.717, 1.165) is 122 Å². The second-order valence-electron chi connectivity index (χ2n) is 23.7. The summed E-state index contributed by atoms with van der Waals surface area (Å²) in [6.45, 7) is 4.71. The van der Waals surface area contributed by atoms with Gasteiger partial charge in [0, 0.05) is 12.8 Å². The minimum atomic E-state index is -1.53. The van der Waals surface area contributed by atoms with Gasteiger partial charge in [-0.25, -0.2) is 4.79 Å². The highest BCUT2D eigenvalue weighted by Crippen LogP contribution is 2.15. The van der Waals surface area contributed by atoms with E-state index in [0.29, 0.717) is 17.4 Å². The van der Waals surface area contributed by atoms with Gasteiger partial charge in [0.25, 0.3) is 6.29 Å². The Morgan fingerprint density at radius 1 is 0.356 bits per heavy atom. The van der Waals surface area contributed by atoms with Crippen LogP contribution in [0.1, 0.15) is 258 Å². The largest absolute Gasteiger partial charge is 0.477 e. The van der Waals surface area contributed by atoms with E-state index in [1.807, 2.05) is 21.1 Å². The molecule has 0 amide bonds. The lowest BCUT2D eigenvalue weighted by molar-refractivity contribution is -0.870. The van der Waals surface area contributed by atoms with Crippen molar-refractivity contribution in [1.29, 1.82) is 0 Å². The molecule has 0 aromatic rings. The van der Waals surface area contributed by atoms with Crippen molar-refractivity contribution in [3.05, 3.63) is 158 Å². The summed E-state index contributed by atoms with van der Waals surface area (Å²) >= 11 is 0. The second kappa shape index (κ2) is 66.9. The first-order valence-corrected chi connectivity index (χ1v) is 34.6. The summed E-state index contributed by atoms with van der Waals surface area (Å²) in [4.78, 5) is 37.6. The number of carbonyl (C=O) groups is 3. The average Bonchev–Trinajstić information content (AvgIpc) is 3.56. The highest BCUT2D eigenvalue weighted by molar-refractivity contribution is 5.71. The van der Waals surface area contributed by atoms with E-state index in [2.05, 4.69) is 172 Å². The first-order valence-electron chi connectivity index (χ1n) is 34.6. The number of esters is 2. The van der Waals surface area contributed by atoms with Gasteiger partial charge in [0.05, 0.1) is 34.4 Å². The number of nitrogens with zero attached hydrogens (tertiary/aromatic N) is 1. The molecule has 0 rings (SSSR count). The Bertz CT molecular complexity index is 1990. The number of carbonyl (C=O) groups excluding carboxylic acids is 2. The van der Waals surface area contributed by atoms with Gasteiger partial charge in [-0.1, -0.05) is 275 Å². The monoisotopic (exact) mass is 1210 g/mol. The van der Waals surface area contributed by atoms with Crippen LogP contribution in [0.5, 0.6) is 0 Å². The maximum Gasteiger partial charge on any atom is 0.361 e. The van der Waals surface area contributed by atoms with E-state index < -0.39 is 24.3 Å². The van der Waals surface area contributed by atoms with E-state index in [-0.39, 0.29) is 38.6 Å². The maximum absolute atomic E-state index is 12.9. The van der Waals surface area contributed by atoms with Crippen molar-refractivity contribution < 1.29 is 42.9 Å². The zero-order valence-electron chi connectivity index (χ0n) is 56.1. The lowest BCUT2D eigenvalue weighted by Crippen LogP contribution is -2.40. The third-order valence-corrected chi connectivity index (χ3v) is 14.3. The minimum absolute atomic E-state index is 0.174. The Kier molecular flexibility index (Phi) is 62.9. The quantitative estimate of drug-likeness (QED) is 0.0211. The molecule has 0 fully saturated rings. The number of hydrogen-bond acceptors (Lipinski definition) is 7. The molecule has 0 radical (unpaired) electrons. The van der Waals surface area contributed by atoms with Gasteiger partial charge in [-0.3, -0.25) is 9.59 Å². The molecular formula is C78H128NO8+. The summed E-state index contributed by atoms with van der Waals surface area (Å²) in [5.41, 5.74) is 0. The van der Waals surface area contributed by atoms with Crippen molar-refractivity contribution in [3.8, 4) is 0 Å². The second-order valence-corrected chi connectivity index (χ2v) is 23.7. The predicted octanol–water partition coefficient (Wildman–Crippen LogP) is 21.7. The number of rotatable bonds is 62. The molecule has 9 heteroatoms. The topological polar surface area (TPSA) is 108 Å². The number of likely N-dealkylation sites (N-methyl/N-ethyl adjacent to an activating group) is 1. The van der Waals surface area contributed by atoms with Crippen LogP contribution in [0.2, 0.25) is 0 Å².